The van der Waals surface area contributed by atoms with Gasteiger partial charge in [-0.2, -0.15) is 0 Å². The smallest absolute Gasteiger partial charge is 0.463 e. The average Bonchev–Trinajstić information content (AvgIpc) is 2.49. The zero-order valence-corrected chi connectivity index (χ0v) is 13.7. The van der Waals surface area contributed by atoms with Crippen LogP contribution in [0.4, 0.5) is 0 Å². The summed E-state index contributed by atoms with van der Waals surface area (Å²) < 4.78 is 9.45. The molecule has 0 saturated carbocycles. The van der Waals surface area contributed by atoms with Gasteiger partial charge in [-0.1, -0.05) is 58.3 Å². The van der Waals surface area contributed by atoms with Crippen molar-refractivity contribution in [3.63, 3.8) is 0 Å². The molecule has 0 aliphatic rings. The van der Waals surface area contributed by atoms with Crippen LogP contribution in [0.3, 0.4) is 0 Å². The highest BCUT2D eigenvalue weighted by Crippen LogP contribution is 2.10. The fraction of sp³-hybridized carbons (Fsp3) is 0.933. The van der Waals surface area contributed by atoms with Crippen LogP contribution in [-0.4, -0.2) is 47.8 Å². The Hall–Kier alpha value is -0.625. The van der Waals surface area contributed by atoms with E-state index in [9.17, 15) is 4.79 Å². The zero-order chi connectivity index (χ0) is 16.6. The number of ether oxygens (including phenoxy) is 1. The van der Waals surface area contributed by atoms with Gasteiger partial charge < -0.3 is 24.5 Å². The minimum atomic E-state index is -1.98. The molecule has 7 heteroatoms. The molecule has 1 unspecified atom stereocenters. The fourth-order valence-electron chi connectivity index (χ4n) is 2.15. The zero-order valence-electron chi connectivity index (χ0n) is 13.7. The summed E-state index contributed by atoms with van der Waals surface area (Å²) in [6.45, 7) is 1.59. The molecule has 0 saturated heterocycles. The Morgan fingerprint density at radius 3 is 2.05 bits per heavy atom. The summed E-state index contributed by atoms with van der Waals surface area (Å²) in [5, 5.41) is 26.1. The molecule has 1 atom stereocenters. The molecule has 0 aromatic carbocycles. The SMILES string of the molecule is CCCCCCCCCCCC(=O)OCC(CO)OB(O)O. The minimum Gasteiger partial charge on any atom is -0.463 e. The molecular formula is C15H31BO6. The molecule has 0 aliphatic heterocycles. The Balaban J connectivity index is 3.42. The Labute approximate surface area is 134 Å². The van der Waals surface area contributed by atoms with Crippen molar-refractivity contribution in [1.82, 2.24) is 0 Å². The lowest BCUT2D eigenvalue weighted by atomic mass is 10.1. The van der Waals surface area contributed by atoms with Crippen molar-refractivity contribution in [2.24, 2.45) is 0 Å². The predicted octanol–water partition coefficient (Wildman–Crippen LogP) is 1.80. The summed E-state index contributed by atoms with van der Waals surface area (Å²) in [6, 6.07) is 0. The number of unbranched alkanes of at least 4 members (excludes halogenated alkanes) is 8. The van der Waals surface area contributed by atoms with E-state index in [4.69, 9.17) is 19.9 Å². The first-order chi connectivity index (χ1) is 10.6. The molecule has 0 rings (SSSR count). The first kappa shape index (κ1) is 21.4. The first-order valence-corrected chi connectivity index (χ1v) is 8.38. The summed E-state index contributed by atoms with van der Waals surface area (Å²) in [5.74, 6) is -0.350. The van der Waals surface area contributed by atoms with Gasteiger partial charge in [-0.15, -0.1) is 0 Å². The van der Waals surface area contributed by atoms with E-state index in [0.29, 0.717) is 6.42 Å². The van der Waals surface area contributed by atoms with Gasteiger partial charge in [-0.05, 0) is 6.42 Å². The largest absolute Gasteiger partial charge is 0.634 e. The van der Waals surface area contributed by atoms with E-state index in [2.05, 4.69) is 11.6 Å². The second kappa shape index (κ2) is 15.3. The van der Waals surface area contributed by atoms with Crippen LogP contribution in [0.5, 0.6) is 0 Å². The van der Waals surface area contributed by atoms with Gasteiger partial charge in [-0.3, -0.25) is 4.79 Å². The number of carbonyl (C=O) groups is 1. The Morgan fingerprint density at radius 2 is 1.55 bits per heavy atom. The highest BCUT2D eigenvalue weighted by molar-refractivity contribution is 6.32. The molecule has 22 heavy (non-hydrogen) atoms. The van der Waals surface area contributed by atoms with Gasteiger partial charge in [0, 0.05) is 6.42 Å². The van der Waals surface area contributed by atoms with E-state index in [-0.39, 0.29) is 12.6 Å². The molecule has 0 aromatic rings. The number of aliphatic hydroxyl groups is 1. The molecule has 0 fully saturated rings. The third kappa shape index (κ3) is 14.3. The molecule has 0 aliphatic carbocycles. The van der Waals surface area contributed by atoms with Gasteiger partial charge in [0.1, 0.15) is 12.7 Å². The number of hydrogen-bond donors (Lipinski definition) is 3. The Morgan fingerprint density at radius 1 is 1.00 bits per heavy atom. The topological polar surface area (TPSA) is 96.2 Å². The van der Waals surface area contributed by atoms with Crippen molar-refractivity contribution in [2.75, 3.05) is 13.2 Å². The van der Waals surface area contributed by atoms with Crippen molar-refractivity contribution in [3.05, 3.63) is 0 Å². The highest BCUT2D eigenvalue weighted by atomic mass is 16.6. The van der Waals surface area contributed by atoms with Crippen LogP contribution in [0.1, 0.15) is 71.1 Å². The highest BCUT2D eigenvalue weighted by Gasteiger charge is 2.18. The molecule has 130 valence electrons. The normalized spacial score (nSPS) is 12.2. The van der Waals surface area contributed by atoms with E-state index in [1.165, 1.54) is 38.5 Å². The van der Waals surface area contributed by atoms with Crippen LogP contribution in [0.15, 0.2) is 0 Å². The van der Waals surface area contributed by atoms with E-state index in [1.807, 2.05) is 0 Å². The second-order valence-corrected chi connectivity index (χ2v) is 5.53. The maximum absolute atomic E-state index is 11.5. The van der Waals surface area contributed by atoms with Gasteiger partial charge >= 0.3 is 13.3 Å². The van der Waals surface area contributed by atoms with Crippen molar-refractivity contribution in [2.45, 2.75) is 77.2 Å². The van der Waals surface area contributed by atoms with Gasteiger partial charge in [0.25, 0.3) is 0 Å². The van der Waals surface area contributed by atoms with Crippen LogP contribution in [0.25, 0.3) is 0 Å². The van der Waals surface area contributed by atoms with E-state index >= 15 is 0 Å². The van der Waals surface area contributed by atoms with E-state index in [1.54, 1.807) is 0 Å². The molecule has 6 nitrogen and oxygen atoms in total. The fourth-order valence-corrected chi connectivity index (χ4v) is 2.15. The lowest BCUT2D eigenvalue weighted by molar-refractivity contribution is -0.147. The van der Waals surface area contributed by atoms with Gasteiger partial charge in [0.05, 0.1) is 6.61 Å². The summed E-state index contributed by atoms with van der Waals surface area (Å²) in [4.78, 5) is 11.5. The maximum atomic E-state index is 11.5. The number of hydrogen-bond acceptors (Lipinski definition) is 6. The molecular weight excluding hydrogens is 287 g/mol. The third-order valence-corrected chi connectivity index (χ3v) is 3.43. The monoisotopic (exact) mass is 318 g/mol. The van der Waals surface area contributed by atoms with Crippen LogP contribution < -0.4 is 0 Å². The maximum Gasteiger partial charge on any atom is 0.634 e. The molecule has 0 bridgehead atoms. The second-order valence-electron chi connectivity index (χ2n) is 5.53. The molecule has 0 radical (unpaired) electrons. The molecule has 3 N–H and O–H groups in total. The van der Waals surface area contributed by atoms with Crippen molar-refractivity contribution in [1.29, 1.82) is 0 Å². The molecule has 0 amide bonds. The summed E-state index contributed by atoms with van der Waals surface area (Å²) in [6.07, 6.45) is 10.1. The summed E-state index contributed by atoms with van der Waals surface area (Å²) >= 11 is 0. The van der Waals surface area contributed by atoms with Gasteiger partial charge in [-0.25, -0.2) is 0 Å². The Kier molecular flexibility index (Phi) is 14.8. The van der Waals surface area contributed by atoms with Crippen LogP contribution >= 0.6 is 0 Å². The van der Waals surface area contributed by atoms with Crippen LogP contribution in [0, 0.1) is 0 Å². The van der Waals surface area contributed by atoms with Crippen LogP contribution in [0.2, 0.25) is 0 Å². The number of esters is 1. The van der Waals surface area contributed by atoms with Crippen molar-refractivity contribution in [3.8, 4) is 0 Å². The van der Waals surface area contributed by atoms with Crippen molar-refractivity contribution >= 4 is 13.3 Å². The van der Waals surface area contributed by atoms with Crippen LogP contribution in [-0.2, 0) is 14.2 Å². The number of carbonyl (C=O) groups excluding carboxylic acids is 1. The van der Waals surface area contributed by atoms with E-state index < -0.39 is 20.0 Å². The third-order valence-electron chi connectivity index (χ3n) is 3.43. The molecule has 0 spiro atoms. The molecule has 0 heterocycles. The predicted molar refractivity (Wildman–Crippen MR) is 85.0 cm³/mol. The summed E-state index contributed by atoms with van der Waals surface area (Å²) in [7, 11) is -1.98. The quantitative estimate of drug-likeness (QED) is 0.242. The minimum absolute atomic E-state index is 0.176. The number of rotatable bonds is 15. The standard InChI is InChI=1S/C15H31BO6/c1-2-3-4-5-6-7-8-9-10-11-15(18)21-13-14(12-17)22-16(19)20/h14,17,19-20H,2-13H2,1H3. The lowest BCUT2D eigenvalue weighted by Crippen LogP contribution is -2.32. The van der Waals surface area contributed by atoms with Gasteiger partial charge in [0.15, 0.2) is 0 Å². The first-order valence-electron chi connectivity index (χ1n) is 8.38. The molecule has 0 aromatic heterocycles. The summed E-state index contributed by atoms with van der Waals surface area (Å²) in [5.41, 5.74) is 0. The average molecular weight is 318 g/mol. The van der Waals surface area contributed by atoms with Gasteiger partial charge in [0.2, 0.25) is 0 Å². The Bertz CT molecular complexity index is 262. The number of aliphatic hydroxyl groups excluding tert-OH is 1. The lowest BCUT2D eigenvalue weighted by Gasteiger charge is -2.15. The van der Waals surface area contributed by atoms with E-state index in [0.717, 1.165) is 19.3 Å². The van der Waals surface area contributed by atoms with Crippen molar-refractivity contribution < 1.29 is 29.3 Å².